The summed E-state index contributed by atoms with van der Waals surface area (Å²) >= 11 is 11.8. The Labute approximate surface area is 138 Å². The minimum Gasteiger partial charge on any atom is -0.481 e. The van der Waals surface area contributed by atoms with Crippen LogP contribution in [0.3, 0.4) is 0 Å². The van der Waals surface area contributed by atoms with Crippen LogP contribution in [0.5, 0.6) is 5.75 Å². The van der Waals surface area contributed by atoms with Crippen LogP contribution in [-0.2, 0) is 4.79 Å². The molecule has 0 heterocycles. The van der Waals surface area contributed by atoms with Gasteiger partial charge in [0, 0.05) is 5.02 Å². The van der Waals surface area contributed by atoms with Gasteiger partial charge in [0.2, 0.25) is 0 Å². The molecule has 0 spiro atoms. The quantitative estimate of drug-likeness (QED) is 0.837. The van der Waals surface area contributed by atoms with Gasteiger partial charge in [-0.1, -0.05) is 30.1 Å². The second-order valence-electron chi connectivity index (χ2n) is 4.58. The van der Waals surface area contributed by atoms with E-state index in [2.05, 4.69) is 5.32 Å². The van der Waals surface area contributed by atoms with Crippen LogP contribution in [0.25, 0.3) is 0 Å². The van der Waals surface area contributed by atoms with Gasteiger partial charge in [-0.3, -0.25) is 4.79 Å². The van der Waals surface area contributed by atoms with Crippen molar-refractivity contribution < 1.29 is 13.9 Å². The highest BCUT2D eigenvalue weighted by Gasteiger charge is 2.19. The highest BCUT2D eigenvalue weighted by Crippen LogP contribution is 2.26. The summed E-state index contributed by atoms with van der Waals surface area (Å²) in [5.41, 5.74) is 0.456. The number of carbonyl (C=O) groups is 1. The molecule has 2 aromatic carbocycles. The van der Waals surface area contributed by atoms with Crippen LogP contribution in [0.2, 0.25) is 10.0 Å². The van der Waals surface area contributed by atoms with E-state index < -0.39 is 6.10 Å². The van der Waals surface area contributed by atoms with Crippen LogP contribution in [-0.4, -0.2) is 12.0 Å². The van der Waals surface area contributed by atoms with E-state index in [1.54, 1.807) is 18.2 Å². The van der Waals surface area contributed by atoms with Crippen molar-refractivity contribution in [3.05, 3.63) is 58.3 Å². The number of carbonyl (C=O) groups excluding carboxylic acids is 1. The molecule has 0 aliphatic carbocycles. The summed E-state index contributed by atoms with van der Waals surface area (Å²) in [6.07, 6.45) is -0.258. The van der Waals surface area contributed by atoms with Crippen molar-refractivity contribution in [3.63, 3.8) is 0 Å². The van der Waals surface area contributed by atoms with E-state index in [0.29, 0.717) is 27.9 Å². The van der Waals surface area contributed by atoms with Gasteiger partial charge in [-0.25, -0.2) is 4.39 Å². The van der Waals surface area contributed by atoms with E-state index >= 15 is 0 Å². The fraction of sp³-hybridized carbons (Fsp3) is 0.188. The van der Waals surface area contributed by atoms with E-state index in [1.807, 2.05) is 6.92 Å². The third kappa shape index (κ3) is 4.36. The Morgan fingerprint density at radius 1 is 1.23 bits per heavy atom. The van der Waals surface area contributed by atoms with Gasteiger partial charge in [-0.05, 0) is 48.9 Å². The number of benzene rings is 2. The van der Waals surface area contributed by atoms with Gasteiger partial charge in [0.05, 0.1) is 10.7 Å². The molecule has 0 bridgehead atoms. The molecular formula is C16H14Cl2FNO2. The average Bonchev–Trinajstić information content (AvgIpc) is 2.49. The van der Waals surface area contributed by atoms with E-state index in [1.165, 1.54) is 24.3 Å². The predicted molar refractivity (Wildman–Crippen MR) is 86.2 cm³/mol. The van der Waals surface area contributed by atoms with Crippen molar-refractivity contribution in [3.8, 4) is 5.75 Å². The van der Waals surface area contributed by atoms with Gasteiger partial charge in [0.15, 0.2) is 6.10 Å². The molecule has 1 N–H and O–H groups in total. The van der Waals surface area contributed by atoms with Gasteiger partial charge in [0.25, 0.3) is 5.91 Å². The highest BCUT2D eigenvalue weighted by atomic mass is 35.5. The molecule has 2 rings (SSSR count). The fourth-order valence-corrected chi connectivity index (χ4v) is 2.26. The molecule has 0 fully saturated rings. The van der Waals surface area contributed by atoms with Gasteiger partial charge in [-0.15, -0.1) is 0 Å². The Hall–Kier alpha value is -1.78. The molecule has 0 aromatic heterocycles. The fourth-order valence-electron chi connectivity index (χ4n) is 1.80. The highest BCUT2D eigenvalue weighted by molar-refractivity contribution is 6.36. The molecule has 0 radical (unpaired) electrons. The summed E-state index contributed by atoms with van der Waals surface area (Å²) in [7, 11) is 0. The Morgan fingerprint density at radius 3 is 2.50 bits per heavy atom. The topological polar surface area (TPSA) is 38.3 Å². The lowest BCUT2D eigenvalue weighted by atomic mass is 10.2. The molecule has 0 aliphatic rings. The molecule has 0 aliphatic heterocycles. The van der Waals surface area contributed by atoms with Crippen LogP contribution in [0.1, 0.15) is 13.3 Å². The molecular weight excluding hydrogens is 328 g/mol. The lowest BCUT2D eigenvalue weighted by Gasteiger charge is -2.17. The molecule has 0 unspecified atom stereocenters. The van der Waals surface area contributed by atoms with E-state index in [9.17, 15) is 9.18 Å². The maximum Gasteiger partial charge on any atom is 0.265 e. The van der Waals surface area contributed by atoms with Crippen LogP contribution < -0.4 is 10.1 Å². The first-order chi connectivity index (χ1) is 10.5. The zero-order valence-electron chi connectivity index (χ0n) is 11.8. The Balaban J connectivity index is 2.06. The van der Waals surface area contributed by atoms with Crippen molar-refractivity contribution in [2.75, 3.05) is 5.32 Å². The molecule has 1 amide bonds. The molecule has 0 saturated carbocycles. The minimum absolute atomic E-state index is 0.337. The van der Waals surface area contributed by atoms with Crippen molar-refractivity contribution in [1.82, 2.24) is 0 Å². The van der Waals surface area contributed by atoms with Gasteiger partial charge in [0.1, 0.15) is 11.6 Å². The SMILES string of the molecule is CC[C@H](Oc1ccc(F)cc1)C(=O)Nc1ccc(Cl)cc1Cl. The molecule has 2 aromatic rings. The number of ether oxygens (including phenoxy) is 1. The molecule has 6 heteroatoms. The number of hydrogen-bond acceptors (Lipinski definition) is 2. The Kier molecular flexibility index (Phi) is 5.63. The number of rotatable bonds is 5. The monoisotopic (exact) mass is 341 g/mol. The predicted octanol–water partition coefficient (Wildman–Crippen LogP) is 4.93. The third-order valence-electron chi connectivity index (χ3n) is 2.94. The van der Waals surface area contributed by atoms with Crippen LogP contribution >= 0.6 is 23.2 Å². The molecule has 0 saturated heterocycles. The van der Waals surface area contributed by atoms with Gasteiger partial charge in [-0.2, -0.15) is 0 Å². The smallest absolute Gasteiger partial charge is 0.265 e. The summed E-state index contributed by atoms with van der Waals surface area (Å²) in [5.74, 6) is -0.278. The molecule has 1 atom stereocenters. The van der Waals surface area contributed by atoms with Crippen molar-refractivity contribution >= 4 is 34.8 Å². The molecule has 22 heavy (non-hydrogen) atoms. The first-order valence-corrected chi connectivity index (χ1v) is 7.43. The number of hydrogen-bond donors (Lipinski definition) is 1. The zero-order chi connectivity index (χ0) is 16.1. The van der Waals surface area contributed by atoms with E-state index in [-0.39, 0.29) is 11.7 Å². The van der Waals surface area contributed by atoms with Crippen molar-refractivity contribution in [2.45, 2.75) is 19.4 Å². The second-order valence-corrected chi connectivity index (χ2v) is 5.43. The number of halogens is 3. The summed E-state index contributed by atoms with van der Waals surface area (Å²) in [4.78, 5) is 12.3. The van der Waals surface area contributed by atoms with Crippen LogP contribution in [0, 0.1) is 5.82 Å². The van der Waals surface area contributed by atoms with Crippen molar-refractivity contribution in [2.24, 2.45) is 0 Å². The van der Waals surface area contributed by atoms with Crippen molar-refractivity contribution in [1.29, 1.82) is 0 Å². The lowest BCUT2D eigenvalue weighted by Crippen LogP contribution is -2.32. The van der Waals surface area contributed by atoms with E-state index in [4.69, 9.17) is 27.9 Å². The van der Waals surface area contributed by atoms with Crippen LogP contribution in [0.15, 0.2) is 42.5 Å². The number of amides is 1. The van der Waals surface area contributed by atoms with E-state index in [0.717, 1.165) is 0 Å². The van der Waals surface area contributed by atoms with Gasteiger partial charge >= 0.3 is 0 Å². The maximum absolute atomic E-state index is 12.9. The average molecular weight is 342 g/mol. The normalized spacial score (nSPS) is 11.8. The molecule has 3 nitrogen and oxygen atoms in total. The Morgan fingerprint density at radius 2 is 1.91 bits per heavy atom. The minimum atomic E-state index is -0.711. The second kappa shape index (κ2) is 7.47. The number of anilines is 1. The largest absolute Gasteiger partial charge is 0.481 e. The number of nitrogens with one attached hydrogen (secondary N) is 1. The summed E-state index contributed by atoms with van der Waals surface area (Å²) < 4.78 is 18.4. The summed E-state index contributed by atoms with van der Waals surface area (Å²) in [6.45, 7) is 1.82. The van der Waals surface area contributed by atoms with Crippen LogP contribution in [0.4, 0.5) is 10.1 Å². The first kappa shape index (κ1) is 16.6. The Bertz CT molecular complexity index is 662. The lowest BCUT2D eigenvalue weighted by molar-refractivity contribution is -0.122. The van der Waals surface area contributed by atoms with Gasteiger partial charge < -0.3 is 10.1 Å². The summed E-state index contributed by atoms with van der Waals surface area (Å²) in [5, 5.41) is 3.52. The maximum atomic E-state index is 12.9. The third-order valence-corrected chi connectivity index (χ3v) is 3.49. The standard InChI is InChI=1S/C16H14Cl2FNO2/c1-2-15(22-12-6-4-11(19)5-7-12)16(21)20-14-8-3-10(17)9-13(14)18/h3-9,15H,2H2,1H3,(H,20,21)/t15-/m0/s1. The zero-order valence-corrected chi connectivity index (χ0v) is 13.3. The molecule has 116 valence electrons. The first-order valence-electron chi connectivity index (χ1n) is 6.67. The summed E-state index contributed by atoms with van der Waals surface area (Å²) in [6, 6.07) is 10.3.